The molecule has 0 aliphatic carbocycles. The highest BCUT2D eigenvalue weighted by molar-refractivity contribution is 6.45. The highest BCUT2D eigenvalue weighted by atomic mass is 35.5. The lowest BCUT2D eigenvalue weighted by Crippen LogP contribution is -2.61. The summed E-state index contributed by atoms with van der Waals surface area (Å²) in [4.78, 5) is 31.1. The van der Waals surface area contributed by atoms with Gasteiger partial charge in [-0.2, -0.15) is 0 Å². The summed E-state index contributed by atoms with van der Waals surface area (Å²) in [6.45, 7) is 10.8. The van der Waals surface area contributed by atoms with Crippen molar-refractivity contribution in [1.82, 2.24) is 10.3 Å². The summed E-state index contributed by atoms with van der Waals surface area (Å²) < 4.78 is 12.1. The Morgan fingerprint density at radius 1 is 1.21 bits per heavy atom. The van der Waals surface area contributed by atoms with Gasteiger partial charge in [-0.25, -0.2) is 9.78 Å². The van der Waals surface area contributed by atoms with E-state index < -0.39 is 11.5 Å². The molecule has 2 fully saturated rings. The number of nitrogens with zero attached hydrogens (tertiary/aromatic N) is 2. The number of hydrogen-bond acceptors (Lipinski definition) is 6. The molecule has 1 aromatic rings. The Morgan fingerprint density at radius 3 is 2.32 bits per heavy atom. The van der Waals surface area contributed by atoms with Gasteiger partial charge in [-0.1, -0.05) is 24.4 Å². The molecule has 2 aliphatic heterocycles. The number of carboxylic acid groups (broad SMARTS) is 1. The fourth-order valence-corrected chi connectivity index (χ4v) is 5.08. The average molecular weight is 494 g/mol. The number of hydrogen-bond donors (Lipinski definition) is 2. The quantitative estimate of drug-likeness (QED) is 0.393. The third-order valence-corrected chi connectivity index (χ3v) is 7.79. The van der Waals surface area contributed by atoms with Gasteiger partial charge in [-0.05, 0) is 71.3 Å². The van der Waals surface area contributed by atoms with Crippen LogP contribution in [0.15, 0.2) is 18.3 Å². The highest BCUT2D eigenvalue weighted by Gasteiger charge is 2.51. The minimum absolute atomic E-state index is 0.172. The summed E-state index contributed by atoms with van der Waals surface area (Å²) >= 11 is 5.94. The van der Waals surface area contributed by atoms with Crippen molar-refractivity contribution in [3.8, 4) is 0 Å². The number of halogens is 1. The molecule has 10 heteroatoms. The number of aromatic nitrogens is 1. The molecule has 188 valence electrons. The first-order chi connectivity index (χ1) is 15.9. The van der Waals surface area contributed by atoms with Gasteiger partial charge < -0.3 is 24.6 Å². The van der Waals surface area contributed by atoms with Crippen LogP contribution >= 0.6 is 11.6 Å². The van der Waals surface area contributed by atoms with Gasteiger partial charge in [-0.15, -0.1) is 0 Å². The predicted octanol–water partition coefficient (Wildman–Crippen LogP) is 4.17. The molecule has 8 nitrogen and oxygen atoms in total. The van der Waals surface area contributed by atoms with Gasteiger partial charge in [0.25, 0.3) is 0 Å². The zero-order valence-electron chi connectivity index (χ0n) is 20.9. The number of unbranched alkanes of at least 4 members (excludes halogenated alkanes) is 1. The maximum Gasteiger partial charge on any atom is 0.457 e. The summed E-state index contributed by atoms with van der Waals surface area (Å²) in [6, 6.07) is 3.67. The van der Waals surface area contributed by atoms with Crippen molar-refractivity contribution < 1.29 is 24.0 Å². The summed E-state index contributed by atoms with van der Waals surface area (Å²) in [7, 11) is -0.305. The molecule has 0 radical (unpaired) electrons. The van der Waals surface area contributed by atoms with Crippen LogP contribution in [0.4, 0.5) is 5.82 Å². The standard InChI is InChI=1S/C24H37BClN3O5/c1-17(30)28-24(21(31)32,12-6-7-13-25-33-22(2,3)23(4,5)34-25)18-10-14-29(15-11-18)20-9-8-19(26)16-27-20/h8-9,16,18H,6-7,10-15H2,1-5H3,(H,28,30)(H,31,32). The molecule has 0 bridgehead atoms. The average Bonchev–Trinajstić information content (AvgIpc) is 2.96. The Morgan fingerprint density at radius 2 is 1.82 bits per heavy atom. The Hall–Kier alpha value is -1.84. The second-order valence-corrected chi connectivity index (χ2v) is 10.9. The summed E-state index contributed by atoms with van der Waals surface area (Å²) in [6.07, 6.45) is 5.35. The fraction of sp³-hybridized carbons (Fsp3) is 0.708. The summed E-state index contributed by atoms with van der Waals surface area (Å²) in [5.74, 6) is -0.642. The van der Waals surface area contributed by atoms with E-state index in [0.717, 1.165) is 12.2 Å². The number of carbonyl (C=O) groups excluding carboxylic acids is 1. The Bertz CT molecular complexity index is 858. The van der Waals surface area contributed by atoms with Crippen molar-refractivity contribution in [3.05, 3.63) is 23.4 Å². The lowest BCUT2D eigenvalue weighted by molar-refractivity contribution is -0.151. The van der Waals surface area contributed by atoms with E-state index in [1.165, 1.54) is 6.92 Å². The molecular formula is C24H37BClN3O5. The van der Waals surface area contributed by atoms with Crippen molar-refractivity contribution >= 4 is 36.4 Å². The molecule has 34 heavy (non-hydrogen) atoms. The van der Waals surface area contributed by atoms with E-state index in [1.54, 1.807) is 12.3 Å². The number of amides is 1. The van der Waals surface area contributed by atoms with Crippen LogP contribution in [0, 0.1) is 5.92 Å². The molecule has 1 unspecified atom stereocenters. The van der Waals surface area contributed by atoms with Crippen molar-refractivity contribution in [2.24, 2.45) is 5.92 Å². The number of nitrogens with one attached hydrogen (secondary N) is 1. The van der Waals surface area contributed by atoms with Gasteiger partial charge in [0.15, 0.2) is 0 Å². The third kappa shape index (κ3) is 5.86. The van der Waals surface area contributed by atoms with Crippen molar-refractivity contribution in [3.63, 3.8) is 0 Å². The van der Waals surface area contributed by atoms with Gasteiger partial charge >= 0.3 is 13.1 Å². The zero-order valence-corrected chi connectivity index (χ0v) is 21.7. The van der Waals surface area contributed by atoms with E-state index in [4.69, 9.17) is 20.9 Å². The topological polar surface area (TPSA) is 101 Å². The third-order valence-electron chi connectivity index (χ3n) is 7.57. The first-order valence-electron chi connectivity index (χ1n) is 12.1. The van der Waals surface area contributed by atoms with E-state index in [1.807, 2.05) is 33.8 Å². The van der Waals surface area contributed by atoms with Gasteiger partial charge in [0, 0.05) is 26.2 Å². The maximum atomic E-state index is 12.6. The van der Waals surface area contributed by atoms with E-state index in [9.17, 15) is 14.7 Å². The van der Waals surface area contributed by atoms with Crippen LogP contribution < -0.4 is 10.2 Å². The Labute approximate surface area is 207 Å². The van der Waals surface area contributed by atoms with Crippen LogP contribution in [0.5, 0.6) is 0 Å². The predicted molar refractivity (Wildman–Crippen MR) is 133 cm³/mol. The molecule has 2 aliphatic rings. The van der Waals surface area contributed by atoms with Gasteiger partial charge in [0.05, 0.1) is 16.2 Å². The molecule has 1 amide bonds. The van der Waals surface area contributed by atoms with E-state index in [0.29, 0.717) is 50.1 Å². The van der Waals surface area contributed by atoms with Crippen molar-refractivity contribution in [2.75, 3.05) is 18.0 Å². The Kier molecular flexibility index (Phi) is 8.20. The molecule has 2 N–H and O–H groups in total. The number of carboxylic acids is 1. The number of anilines is 1. The summed E-state index contributed by atoms with van der Waals surface area (Å²) in [5.41, 5.74) is -2.06. The number of rotatable bonds is 9. The lowest BCUT2D eigenvalue weighted by atomic mass is 9.73. The van der Waals surface area contributed by atoms with Gasteiger partial charge in [0.2, 0.25) is 5.91 Å². The van der Waals surface area contributed by atoms with Crippen LogP contribution in [-0.2, 0) is 18.9 Å². The molecule has 1 aromatic heterocycles. The number of pyridine rings is 1. The van der Waals surface area contributed by atoms with Crippen molar-refractivity contribution in [2.45, 2.75) is 89.8 Å². The SMILES string of the molecule is CC(=O)NC(CCCCB1OC(C)(C)C(C)(C)O1)(C(=O)O)C1CCN(c2ccc(Cl)cn2)CC1. The largest absolute Gasteiger partial charge is 0.479 e. The minimum atomic E-state index is -1.29. The van der Waals surface area contributed by atoms with Crippen LogP contribution in [0.3, 0.4) is 0 Å². The van der Waals surface area contributed by atoms with Crippen LogP contribution in [0.25, 0.3) is 0 Å². The van der Waals surface area contributed by atoms with Gasteiger partial charge in [0.1, 0.15) is 11.4 Å². The van der Waals surface area contributed by atoms with Crippen LogP contribution in [0.2, 0.25) is 11.3 Å². The molecule has 2 saturated heterocycles. The molecule has 1 atom stereocenters. The van der Waals surface area contributed by atoms with Crippen LogP contribution in [-0.4, -0.2) is 58.9 Å². The number of carbonyl (C=O) groups is 2. The second kappa shape index (κ2) is 10.4. The molecule has 0 spiro atoms. The normalized spacial score (nSPS) is 21.8. The zero-order chi connectivity index (χ0) is 25.1. The number of piperidine rings is 1. The maximum absolute atomic E-state index is 12.6. The first-order valence-corrected chi connectivity index (χ1v) is 12.5. The molecule has 0 aromatic carbocycles. The second-order valence-electron chi connectivity index (χ2n) is 10.5. The van der Waals surface area contributed by atoms with E-state index in [-0.39, 0.29) is 30.1 Å². The highest BCUT2D eigenvalue weighted by Crippen LogP contribution is 2.39. The summed E-state index contributed by atoms with van der Waals surface area (Å²) in [5, 5.41) is 13.7. The minimum Gasteiger partial charge on any atom is -0.479 e. The Balaban J connectivity index is 1.62. The van der Waals surface area contributed by atoms with Crippen molar-refractivity contribution in [1.29, 1.82) is 0 Å². The molecule has 3 heterocycles. The van der Waals surface area contributed by atoms with Gasteiger partial charge in [-0.3, -0.25) is 4.79 Å². The smallest absolute Gasteiger partial charge is 0.457 e. The lowest BCUT2D eigenvalue weighted by Gasteiger charge is -2.43. The monoisotopic (exact) mass is 493 g/mol. The molecule has 0 saturated carbocycles. The van der Waals surface area contributed by atoms with Crippen LogP contribution in [0.1, 0.15) is 66.7 Å². The number of aliphatic carboxylic acids is 1. The molecular weight excluding hydrogens is 457 g/mol. The first kappa shape index (κ1) is 26.8. The fourth-order valence-electron chi connectivity index (χ4n) is 4.97. The molecule has 3 rings (SSSR count). The van der Waals surface area contributed by atoms with E-state index in [2.05, 4.69) is 15.2 Å². The van der Waals surface area contributed by atoms with E-state index >= 15 is 0 Å².